The molecule has 3 rings (SSSR count). The fourth-order valence-corrected chi connectivity index (χ4v) is 8.18. The first-order valence-corrected chi connectivity index (χ1v) is 11.9. The third-order valence-electron chi connectivity index (χ3n) is 6.03. The number of hydrogen-bond donors (Lipinski definition) is 1. The first kappa shape index (κ1) is 21.6. The van der Waals surface area contributed by atoms with Crippen LogP contribution in [0, 0.1) is 20.8 Å². The highest BCUT2D eigenvalue weighted by Gasteiger charge is 2.50. The molecule has 1 fully saturated rings. The number of phenolic OH excluding ortho intramolecular Hbond substituents is 1. The van der Waals surface area contributed by atoms with Crippen molar-refractivity contribution < 1.29 is 19.1 Å². The fraction of sp³-hybridized carbons (Fsp3) is 0.545. The number of ether oxygens (including phenoxy) is 2. The highest BCUT2D eigenvalue weighted by Crippen LogP contribution is 2.73. The van der Waals surface area contributed by atoms with E-state index in [9.17, 15) is 9.67 Å². The monoisotopic (exact) mass is 418 g/mol. The van der Waals surface area contributed by atoms with E-state index in [-0.39, 0.29) is 23.2 Å². The maximum atomic E-state index is 14.3. The summed E-state index contributed by atoms with van der Waals surface area (Å²) in [4.78, 5) is 8.73. The third kappa shape index (κ3) is 4.13. The molecule has 158 valence electrons. The molecule has 0 spiro atoms. The van der Waals surface area contributed by atoms with Crippen LogP contribution in [-0.4, -0.2) is 40.1 Å². The van der Waals surface area contributed by atoms with Gasteiger partial charge in [0.1, 0.15) is 13.7 Å². The molecular formula is C22H31N2O4P. The lowest BCUT2D eigenvalue weighted by Crippen LogP contribution is -2.23. The molecule has 1 aliphatic rings. The zero-order valence-corrected chi connectivity index (χ0v) is 19.0. The van der Waals surface area contributed by atoms with Gasteiger partial charge in [0.2, 0.25) is 0 Å². The fourth-order valence-electron chi connectivity index (χ4n) is 4.31. The van der Waals surface area contributed by atoms with Crippen LogP contribution in [0.1, 0.15) is 54.9 Å². The molecule has 6 nitrogen and oxygen atoms in total. The van der Waals surface area contributed by atoms with Crippen molar-refractivity contribution in [3.63, 3.8) is 0 Å². The van der Waals surface area contributed by atoms with Crippen LogP contribution in [0.2, 0.25) is 0 Å². The lowest BCUT2D eigenvalue weighted by Gasteiger charge is -2.35. The first-order valence-electron chi connectivity index (χ1n) is 9.99. The number of hydrogen-bond acceptors (Lipinski definition) is 6. The Morgan fingerprint density at radius 2 is 1.83 bits per heavy atom. The molecule has 29 heavy (non-hydrogen) atoms. The number of phenols is 1. The maximum absolute atomic E-state index is 14.3. The first-order chi connectivity index (χ1) is 13.6. The molecule has 2 heterocycles. The number of aromatic hydroxyl groups is 1. The van der Waals surface area contributed by atoms with E-state index in [0.29, 0.717) is 23.5 Å². The molecule has 1 aromatic heterocycles. The molecule has 0 saturated carbocycles. The minimum atomic E-state index is -2.65. The van der Waals surface area contributed by atoms with Crippen LogP contribution in [0.5, 0.6) is 17.5 Å². The van der Waals surface area contributed by atoms with Crippen molar-refractivity contribution in [1.82, 2.24) is 9.97 Å². The predicted octanol–water partition coefficient (Wildman–Crippen LogP) is 5.17. The Balaban J connectivity index is 2.03. The van der Waals surface area contributed by atoms with Crippen molar-refractivity contribution in [3.8, 4) is 17.5 Å². The van der Waals surface area contributed by atoms with Crippen molar-refractivity contribution in [2.45, 2.75) is 58.3 Å². The Morgan fingerprint density at radius 3 is 2.38 bits per heavy atom. The summed E-state index contributed by atoms with van der Waals surface area (Å²) in [5.74, 6) is 0.494. The largest absolute Gasteiger partial charge is 0.504 e. The molecule has 1 saturated heterocycles. The van der Waals surface area contributed by atoms with Crippen molar-refractivity contribution in [2.24, 2.45) is 0 Å². The summed E-state index contributed by atoms with van der Waals surface area (Å²) >= 11 is 0. The zero-order chi connectivity index (χ0) is 21.4. The Bertz CT molecular complexity index is 938. The second-order valence-corrected chi connectivity index (χ2v) is 12.5. The standard InChI is InChI=1S/C22H31N2O4P/c1-14-10-17(12-18(27-6)20(14)25)19(29(26)9-7-8-22(29,4)5)13-28-21-23-15(2)11-16(3)24-21/h10-12,19,25H,7-9,13H2,1-6H3. The summed E-state index contributed by atoms with van der Waals surface area (Å²) in [6, 6.07) is 5.87. The highest BCUT2D eigenvalue weighted by atomic mass is 31.2. The number of rotatable bonds is 6. The van der Waals surface area contributed by atoms with Crippen LogP contribution >= 0.6 is 7.14 Å². The predicted molar refractivity (Wildman–Crippen MR) is 115 cm³/mol. The molecule has 0 amide bonds. The molecule has 2 atom stereocenters. The van der Waals surface area contributed by atoms with Crippen LogP contribution in [0.25, 0.3) is 0 Å². The highest BCUT2D eigenvalue weighted by molar-refractivity contribution is 7.66. The summed E-state index contributed by atoms with van der Waals surface area (Å²) in [6.45, 7) is 10.0. The summed E-state index contributed by atoms with van der Waals surface area (Å²) in [5, 5.41) is 9.99. The Labute approximate surface area is 173 Å². The topological polar surface area (TPSA) is 81.5 Å². The lowest BCUT2D eigenvalue weighted by molar-refractivity contribution is 0.286. The molecule has 0 aliphatic carbocycles. The third-order valence-corrected chi connectivity index (χ3v) is 10.7. The normalized spacial score (nSPS) is 21.7. The van der Waals surface area contributed by atoms with Gasteiger partial charge < -0.3 is 19.1 Å². The molecular weight excluding hydrogens is 387 g/mol. The van der Waals surface area contributed by atoms with Crippen LogP contribution < -0.4 is 9.47 Å². The van der Waals surface area contributed by atoms with Gasteiger partial charge in [-0.15, -0.1) is 0 Å². The SMILES string of the molecule is COc1cc(C(COc2nc(C)cc(C)n2)P2(=O)CCCC2(C)C)cc(C)c1O. The average molecular weight is 418 g/mol. The molecule has 1 aliphatic heterocycles. The van der Waals surface area contributed by atoms with E-state index in [1.807, 2.05) is 32.9 Å². The van der Waals surface area contributed by atoms with Crippen molar-refractivity contribution in [2.75, 3.05) is 19.9 Å². The van der Waals surface area contributed by atoms with Gasteiger partial charge in [0, 0.05) is 22.7 Å². The second-order valence-electron chi connectivity index (χ2n) is 8.58. The summed E-state index contributed by atoms with van der Waals surface area (Å²) in [6.07, 6.45) is 2.55. The number of aryl methyl sites for hydroxylation is 3. The quantitative estimate of drug-likeness (QED) is 0.652. The molecule has 2 unspecified atom stereocenters. The summed E-state index contributed by atoms with van der Waals surface area (Å²) < 4.78 is 25.6. The van der Waals surface area contributed by atoms with Gasteiger partial charge in [-0.05, 0) is 56.9 Å². The van der Waals surface area contributed by atoms with E-state index in [4.69, 9.17) is 9.47 Å². The van der Waals surface area contributed by atoms with Gasteiger partial charge in [-0.2, -0.15) is 0 Å². The van der Waals surface area contributed by atoms with Crippen molar-refractivity contribution in [1.29, 1.82) is 0 Å². The number of benzene rings is 1. The molecule has 0 bridgehead atoms. The average Bonchev–Trinajstić information content (AvgIpc) is 2.90. The number of aromatic nitrogens is 2. The van der Waals surface area contributed by atoms with Gasteiger partial charge in [-0.3, -0.25) is 0 Å². The molecule has 1 aromatic carbocycles. The number of methoxy groups -OCH3 is 1. The van der Waals surface area contributed by atoms with Crippen LogP contribution in [-0.2, 0) is 4.57 Å². The smallest absolute Gasteiger partial charge is 0.316 e. The van der Waals surface area contributed by atoms with E-state index in [1.165, 1.54) is 7.11 Å². The number of nitrogens with zero attached hydrogens (tertiary/aromatic N) is 2. The Hall–Kier alpha value is -2.07. The van der Waals surface area contributed by atoms with Gasteiger partial charge >= 0.3 is 6.01 Å². The van der Waals surface area contributed by atoms with Crippen molar-refractivity contribution >= 4 is 7.14 Å². The van der Waals surface area contributed by atoms with Crippen LogP contribution in [0.15, 0.2) is 18.2 Å². The van der Waals surface area contributed by atoms with Crippen LogP contribution in [0.3, 0.4) is 0 Å². The molecule has 2 aromatic rings. The van der Waals surface area contributed by atoms with E-state index >= 15 is 0 Å². The van der Waals surface area contributed by atoms with Crippen molar-refractivity contribution in [3.05, 3.63) is 40.7 Å². The van der Waals surface area contributed by atoms with Crippen LogP contribution in [0.4, 0.5) is 0 Å². The van der Waals surface area contributed by atoms with E-state index in [2.05, 4.69) is 23.8 Å². The Kier molecular flexibility index (Phi) is 5.96. The van der Waals surface area contributed by atoms with E-state index in [0.717, 1.165) is 29.8 Å². The lowest BCUT2D eigenvalue weighted by atomic mass is 10.1. The minimum absolute atomic E-state index is 0.109. The molecule has 1 N–H and O–H groups in total. The summed E-state index contributed by atoms with van der Waals surface area (Å²) in [7, 11) is -1.13. The molecule has 7 heteroatoms. The maximum Gasteiger partial charge on any atom is 0.316 e. The van der Waals surface area contributed by atoms with Gasteiger partial charge in [0.25, 0.3) is 0 Å². The van der Waals surface area contributed by atoms with Gasteiger partial charge in [-0.25, -0.2) is 9.97 Å². The van der Waals surface area contributed by atoms with Gasteiger partial charge in [0.05, 0.1) is 12.8 Å². The summed E-state index contributed by atoms with van der Waals surface area (Å²) in [5.41, 5.74) is 2.89. The van der Waals surface area contributed by atoms with E-state index < -0.39 is 7.14 Å². The zero-order valence-electron chi connectivity index (χ0n) is 18.2. The Morgan fingerprint density at radius 1 is 1.17 bits per heavy atom. The van der Waals surface area contributed by atoms with Gasteiger partial charge in [-0.1, -0.05) is 19.9 Å². The molecule has 0 radical (unpaired) electrons. The second kappa shape index (κ2) is 7.98. The van der Waals surface area contributed by atoms with Gasteiger partial charge in [0.15, 0.2) is 11.5 Å². The van der Waals surface area contributed by atoms with E-state index in [1.54, 1.807) is 6.07 Å². The minimum Gasteiger partial charge on any atom is -0.504 e.